The Kier molecular flexibility index (Phi) is 6.45. The van der Waals surface area contributed by atoms with Crippen LogP contribution in [0, 0.1) is 0 Å². The second kappa shape index (κ2) is 8.86. The topological polar surface area (TPSA) is 48.5 Å². The van der Waals surface area contributed by atoms with Crippen molar-refractivity contribution in [1.82, 2.24) is 19.6 Å². The minimum atomic E-state index is -0.234. The van der Waals surface area contributed by atoms with Crippen LogP contribution in [0.2, 0.25) is 0 Å². The molecule has 4 saturated heterocycles. The fraction of sp³-hybridized carbons (Fsp3) is 0.952. The molecule has 1 atom stereocenters. The molecule has 0 aromatic heterocycles. The number of rotatable bonds is 6. The molecule has 0 bridgehead atoms. The van der Waals surface area contributed by atoms with E-state index in [4.69, 9.17) is 9.47 Å². The highest BCUT2D eigenvalue weighted by molar-refractivity contribution is 5.70. The Labute approximate surface area is 169 Å². The molecule has 7 nitrogen and oxygen atoms in total. The Hall–Kier alpha value is -0.890. The summed E-state index contributed by atoms with van der Waals surface area (Å²) in [5.74, 6) is 0. The molecule has 0 aliphatic carbocycles. The number of amides is 1. The summed E-state index contributed by atoms with van der Waals surface area (Å²) in [7, 11) is 4.34. The van der Waals surface area contributed by atoms with Gasteiger partial charge in [-0.1, -0.05) is 0 Å². The van der Waals surface area contributed by atoms with Crippen molar-refractivity contribution in [2.75, 3.05) is 73.1 Å². The summed E-state index contributed by atoms with van der Waals surface area (Å²) < 4.78 is 11.4. The largest absolute Gasteiger partial charge is 0.441 e. The highest BCUT2D eigenvalue weighted by atomic mass is 16.6. The van der Waals surface area contributed by atoms with Gasteiger partial charge in [0, 0.05) is 64.3 Å². The van der Waals surface area contributed by atoms with Crippen molar-refractivity contribution in [2.45, 2.75) is 56.2 Å². The molecule has 4 aliphatic rings. The highest BCUT2D eigenvalue weighted by Gasteiger charge is 2.47. The van der Waals surface area contributed by atoms with Gasteiger partial charge in [-0.05, 0) is 52.9 Å². The van der Waals surface area contributed by atoms with Crippen LogP contribution in [0.4, 0.5) is 4.79 Å². The van der Waals surface area contributed by atoms with Gasteiger partial charge in [-0.25, -0.2) is 4.79 Å². The molecule has 4 rings (SSSR count). The summed E-state index contributed by atoms with van der Waals surface area (Å²) in [5, 5.41) is 0. The summed E-state index contributed by atoms with van der Waals surface area (Å²) in [6.45, 7) is 8.91. The van der Waals surface area contributed by atoms with Gasteiger partial charge in [0.15, 0.2) is 0 Å². The molecule has 160 valence electrons. The molecule has 0 aromatic carbocycles. The van der Waals surface area contributed by atoms with Gasteiger partial charge in [-0.2, -0.15) is 0 Å². The van der Waals surface area contributed by atoms with Crippen molar-refractivity contribution >= 4 is 6.09 Å². The van der Waals surface area contributed by atoms with Crippen LogP contribution in [0.1, 0.15) is 38.5 Å². The Morgan fingerprint density at radius 3 is 2.50 bits per heavy atom. The number of carbonyl (C=O) groups is 1. The fourth-order valence-corrected chi connectivity index (χ4v) is 5.39. The molecule has 1 amide bonds. The number of hydrogen-bond acceptors (Lipinski definition) is 6. The third kappa shape index (κ3) is 4.64. The van der Waals surface area contributed by atoms with Gasteiger partial charge < -0.3 is 24.2 Å². The van der Waals surface area contributed by atoms with Crippen LogP contribution in [0.25, 0.3) is 0 Å². The predicted octanol–water partition coefficient (Wildman–Crippen LogP) is 1.48. The zero-order valence-corrected chi connectivity index (χ0v) is 17.8. The Morgan fingerprint density at radius 1 is 1.07 bits per heavy atom. The minimum Gasteiger partial charge on any atom is -0.441 e. The zero-order valence-electron chi connectivity index (χ0n) is 17.8. The fourth-order valence-electron chi connectivity index (χ4n) is 5.39. The van der Waals surface area contributed by atoms with Crippen LogP contribution < -0.4 is 0 Å². The van der Waals surface area contributed by atoms with E-state index in [-0.39, 0.29) is 11.7 Å². The van der Waals surface area contributed by atoms with Gasteiger partial charge in [0.25, 0.3) is 0 Å². The molecule has 0 unspecified atom stereocenters. The molecule has 7 heteroatoms. The van der Waals surface area contributed by atoms with E-state index in [0.717, 1.165) is 84.6 Å². The third-order valence-electron chi connectivity index (χ3n) is 7.34. The van der Waals surface area contributed by atoms with Crippen LogP contribution in [-0.4, -0.2) is 117 Å². The number of ether oxygens (including phenoxy) is 2. The average molecular weight is 395 g/mol. The molecule has 0 radical (unpaired) electrons. The summed E-state index contributed by atoms with van der Waals surface area (Å²) in [4.78, 5) is 21.9. The Balaban J connectivity index is 1.19. The van der Waals surface area contributed by atoms with Gasteiger partial charge in [0.2, 0.25) is 0 Å². The highest BCUT2D eigenvalue weighted by Crippen LogP contribution is 2.34. The first-order valence-electron chi connectivity index (χ1n) is 11.2. The SMILES string of the molecule is CN(C)[C@H]1CCN(CCCN2CC3(CCN(C4CCOCC4)CC3)OC2=O)C1. The van der Waals surface area contributed by atoms with Crippen molar-refractivity contribution in [1.29, 1.82) is 0 Å². The van der Waals surface area contributed by atoms with E-state index in [9.17, 15) is 4.79 Å². The van der Waals surface area contributed by atoms with Crippen LogP contribution in [0.3, 0.4) is 0 Å². The lowest BCUT2D eigenvalue weighted by molar-refractivity contribution is -0.0303. The summed E-state index contributed by atoms with van der Waals surface area (Å²) in [6.07, 6.45) is 6.44. The normalized spacial score (nSPS) is 29.9. The maximum absolute atomic E-state index is 12.5. The summed E-state index contributed by atoms with van der Waals surface area (Å²) >= 11 is 0. The van der Waals surface area contributed by atoms with E-state index < -0.39 is 0 Å². The van der Waals surface area contributed by atoms with Crippen molar-refractivity contribution in [3.05, 3.63) is 0 Å². The first-order valence-corrected chi connectivity index (χ1v) is 11.2. The molecule has 4 fully saturated rings. The van der Waals surface area contributed by atoms with Crippen molar-refractivity contribution in [3.63, 3.8) is 0 Å². The van der Waals surface area contributed by atoms with Gasteiger partial charge in [-0.3, -0.25) is 4.90 Å². The Morgan fingerprint density at radius 2 is 1.82 bits per heavy atom. The molecular weight excluding hydrogens is 356 g/mol. The maximum atomic E-state index is 12.5. The van der Waals surface area contributed by atoms with E-state index in [1.54, 1.807) is 0 Å². The zero-order chi connectivity index (χ0) is 19.6. The molecule has 0 N–H and O–H groups in total. The van der Waals surface area contributed by atoms with Gasteiger partial charge in [-0.15, -0.1) is 0 Å². The number of nitrogens with zero attached hydrogens (tertiary/aromatic N) is 4. The van der Waals surface area contributed by atoms with E-state index in [1.807, 2.05) is 4.90 Å². The average Bonchev–Trinajstić information content (AvgIpc) is 3.29. The molecule has 1 spiro atoms. The lowest BCUT2D eigenvalue weighted by Crippen LogP contribution is -2.51. The first-order chi connectivity index (χ1) is 13.5. The van der Waals surface area contributed by atoms with Crippen LogP contribution in [0.5, 0.6) is 0 Å². The second-order valence-electron chi connectivity index (χ2n) is 9.41. The number of likely N-dealkylation sites (N-methyl/N-ethyl adjacent to an activating group) is 1. The van der Waals surface area contributed by atoms with Crippen LogP contribution in [-0.2, 0) is 9.47 Å². The van der Waals surface area contributed by atoms with Crippen molar-refractivity contribution in [3.8, 4) is 0 Å². The van der Waals surface area contributed by atoms with Gasteiger partial charge >= 0.3 is 6.09 Å². The number of likely N-dealkylation sites (tertiary alicyclic amines) is 2. The van der Waals surface area contributed by atoms with Gasteiger partial charge in [0.1, 0.15) is 5.60 Å². The van der Waals surface area contributed by atoms with Crippen LogP contribution >= 0.6 is 0 Å². The summed E-state index contributed by atoms with van der Waals surface area (Å²) in [6, 6.07) is 1.34. The van der Waals surface area contributed by atoms with Crippen molar-refractivity contribution < 1.29 is 14.3 Å². The molecule has 4 heterocycles. The first kappa shape index (κ1) is 20.4. The standard InChI is InChI=1S/C21H38N4O3/c1-22(2)19-4-11-23(16-19)9-3-10-25-17-21(28-20(25)26)7-12-24(13-8-21)18-5-14-27-15-6-18/h18-19H,3-17H2,1-2H3/t19-/m0/s1. The van der Waals surface area contributed by atoms with E-state index >= 15 is 0 Å². The van der Waals surface area contributed by atoms with E-state index in [0.29, 0.717) is 12.1 Å². The minimum absolute atomic E-state index is 0.0906. The number of hydrogen-bond donors (Lipinski definition) is 0. The van der Waals surface area contributed by atoms with E-state index in [1.165, 1.54) is 13.0 Å². The number of piperidine rings is 1. The molecular formula is C21H38N4O3. The lowest BCUT2D eigenvalue weighted by atomic mass is 9.89. The maximum Gasteiger partial charge on any atom is 0.410 e. The second-order valence-corrected chi connectivity index (χ2v) is 9.41. The van der Waals surface area contributed by atoms with E-state index in [2.05, 4.69) is 28.8 Å². The smallest absolute Gasteiger partial charge is 0.410 e. The molecule has 0 saturated carbocycles. The summed E-state index contributed by atoms with van der Waals surface area (Å²) in [5.41, 5.74) is -0.234. The Bertz CT molecular complexity index is 530. The van der Waals surface area contributed by atoms with Crippen molar-refractivity contribution in [2.24, 2.45) is 0 Å². The third-order valence-corrected chi connectivity index (χ3v) is 7.34. The lowest BCUT2D eigenvalue weighted by Gasteiger charge is -2.42. The number of carbonyl (C=O) groups excluding carboxylic acids is 1. The molecule has 4 aliphatic heterocycles. The predicted molar refractivity (Wildman–Crippen MR) is 109 cm³/mol. The monoisotopic (exact) mass is 394 g/mol. The molecule has 0 aromatic rings. The van der Waals surface area contributed by atoms with Gasteiger partial charge in [0.05, 0.1) is 6.54 Å². The molecule has 28 heavy (non-hydrogen) atoms. The van der Waals surface area contributed by atoms with Crippen LogP contribution in [0.15, 0.2) is 0 Å². The quantitative estimate of drug-likeness (QED) is 0.680.